The van der Waals surface area contributed by atoms with Gasteiger partial charge in [0.2, 0.25) is 5.91 Å². The number of nitrogens with one attached hydrogen (secondary N) is 1. The highest BCUT2D eigenvalue weighted by atomic mass is 16.6. The van der Waals surface area contributed by atoms with E-state index in [1.807, 2.05) is 0 Å². The molecule has 116 valence electrons. The van der Waals surface area contributed by atoms with Gasteiger partial charge in [0.05, 0.1) is 0 Å². The van der Waals surface area contributed by atoms with Crippen molar-refractivity contribution in [1.82, 2.24) is 10.4 Å². The van der Waals surface area contributed by atoms with Crippen LogP contribution in [0.2, 0.25) is 0 Å². The second-order valence-electron chi connectivity index (χ2n) is 5.65. The molecule has 5 nitrogen and oxygen atoms in total. The standard InChI is InChI=1S/C16H24N2O3/c1-7-10-13(11-8-2)12-14(19)17-18(9-3)15(20)21-16(4,5)6/h1-2,13H,9-12H2,3-6H3,(H,17,19). The lowest BCUT2D eigenvalue weighted by Crippen LogP contribution is -2.48. The van der Waals surface area contributed by atoms with Crippen molar-refractivity contribution in [2.45, 2.75) is 52.6 Å². The van der Waals surface area contributed by atoms with Gasteiger partial charge in [0.1, 0.15) is 5.60 Å². The maximum Gasteiger partial charge on any atom is 0.429 e. The lowest BCUT2D eigenvalue weighted by Gasteiger charge is -2.27. The van der Waals surface area contributed by atoms with Gasteiger partial charge in [-0.3, -0.25) is 10.2 Å². The van der Waals surface area contributed by atoms with Gasteiger partial charge >= 0.3 is 6.09 Å². The van der Waals surface area contributed by atoms with E-state index < -0.39 is 11.7 Å². The minimum Gasteiger partial charge on any atom is -0.442 e. The molecule has 0 atom stereocenters. The molecule has 0 radical (unpaired) electrons. The van der Waals surface area contributed by atoms with E-state index in [0.29, 0.717) is 19.4 Å². The Morgan fingerprint density at radius 2 is 1.76 bits per heavy atom. The van der Waals surface area contributed by atoms with Crippen LogP contribution >= 0.6 is 0 Å². The van der Waals surface area contributed by atoms with Crippen LogP contribution in [0.3, 0.4) is 0 Å². The van der Waals surface area contributed by atoms with Crippen molar-refractivity contribution < 1.29 is 14.3 Å². The number of hydrazine groups is 1. The summed E-state index contributed by atoms with van der Waals surface area (Å²) in [4.78, 5) is 23.8. The molecule has 0 fully saturated rings. The molecule has 0 aromatic carbocycles. The second-order valence-corrected chi connectivity index (χ2v) is 5.65. The lowest BCUT2D eigenvalue weighted by molar-refractivity contribution is -0.126. The van der Waals surface area contributed by atoms with Gasteiger partial charge < -0.3 is 4.74 Å². The summed E-state index contributed by atoms with van der Waals surface area (Å²) in [6, 6.07) is 0. The number of hydrogen-bond donors (Lipinski definition) is 1. The molecular formula is C16H24N2O3. The van der Waals surface area contributed by atoms with Crippen molar-refractivity contribution in [3.05, 3.63) is 0 Å². The molecule has 2 amide bonds. The predicted molar refractivity (Wildman–Crippen MR) is 81.8 cm³/mol. The highest BCUT2D eigenvalue weighted by Gasteiger charge is 2.23. The molecule has 0 aliphatic rings. The summed E-state index contributed by atoms with van der Waals surface area (Å²) < 4.78 is 5.20. The van der Waals surface area contributed by atoms with E-state index in [1.165, 1.54) is 0 Å². The molecule has 0 aliphatic carbocycles. The molecule has 5 heteroatoms. The quantitative estimate of drug-likeness (QED) is 0.625. The number of amides is 2. The third-order valence-electron chi connectivity index (χ3n) is 2.48. The molecule has 0 heterocycles. The molecule has 0 unspecified atom stereocenters. The van der Waals surface area contributed by atoms with Crippen LogP contribution in [-0.2, 0) is 9.53 Å². The van der Waals surface area contributed by atoms with Crippen molar-refractivity contribution in [3.63, 3.8) is 0 Å². The zero-order valence-corrected chi connectivity index (χ0v) is 13.2. The maximum atomic E-state index is 11.9. The van der Waals surface area contributed by atoms with Crippen LogP contribution in [0.5, 0.6) is 0 Å². The summed E-state index contributed by atoms with van der Waals surface area (Å²) in [5.74, 6) is 4.60. The van der Waals surface area contributed by atoms with E-state index in [2.05, 4.69) is 17.3 Å². The fraction of sp³-hybridized carbons (Fsp3) is 0.625. The van der Waals surface area contributed by atoms with Crippen molar-refractivity contribution in [2.24, 2.45) is 5.92 Å². The topological polar surface area (TPSA) is 58.6 Å². The van der Waals surface area contributed by atoms with Gasteiger partial charge in [0, 0.05) is 25.8 Å². The highest BCUT2D eigenvalue weighted by Crippen LogP contribution is 2.13. The van der Waals surface area contributed by atoms with Gasteiger partial charge in [-0.25, -0.2) is 9.80 Å². The number of rotatable bonds is 5. The van der Waals surface area contributed by atoms with Crippen LogP contribution in [0, 0.1) is 30.6 Å². The van der Waals surface area contributed by atoms with Crippen molar-refractivity contribution in [3.8, 4) is 24.7 Å². The van der Waals surface area contributed by atoms with Crippen molar-refractivity contribution in [2.75, 3.05) is 6.54 Å². The zero-order chi connectivity index (χ0) is 16.5. The molecule has 0 bridgehead atoms. The monoisotopic (exact) mass is 292 g/mol. The fourth-order valence-electron chi connectivity index (χ4n) is 1.58. The number of hydrogen-bond acceptors (Lipinski definition) is 3. The largest absolute Gasteiger partial charge is 0.442 e. The average Bonchev–Trinajstić information content (AvgIpc) is 2.34. The van der Waals surface area contributed by atoms with Gasteiger partial charge in [-0.1, -0.05) is 0 Å². The van der Waals surface area contributed by atoms with E-state index in [1.54, 1.807) is 27.7 Å². The molecule has 0 aromatic rings. The Balaban J connectivity index is 4.54. The minimum absolute atomic E-state index is 0.0858. The van der Waals surface area contributed by atoms with E-state index in [-0.39, 0.29) is 18.2 Å². The van der Waals surface area contributed by atoms with E-state index in [4.69, 9.17) is 17.6 Å². The number of nitrogens with zero attached hydrogens (tertiary/aromatic N) is 1. The Labute approximate surface area is 127 Å². The van der Waals surface area contributed by atoms with Crippen LogP contribution < -0.4 is 5.43 Å². The lowest BCUT2D eigenvalue weighted by atomic mass is 9.98. The molecule has 21 heavy (non-hydrogen) atoms. The Morgan fingerprint density at radius 1 is 1.24 bits per heavy atom. The highest BCUT2D eigenvalue weighted by molar-refractivity contribution is 5.79. The predicted octanol–water partition coefficient (Wildman–Crippen LogP) is 2.33. The number of carbonyl (C=O) groups excluding carboxylic acids is 2. The molecule has 0 saturated heterocycles. The molecule has 1 N–H and O–H groups in total. The third kappa shape index (κ3) is 8.60. The SMILES string of the molecule is C#CCC(CC#C)CC(=O)NN(CC)C(=O)OC(C)(C)C. The first kappa shape index (κ1) is 18.9. The van der Waals surface area contributed by atoms with E-state index in [0.717, 1.165) is 5.01 Å². The van der Waals surface area contributed by atoms with Gasteiger partial charge in [0.25, 0.3) is 0 Å². The van der Waals surface area contributed by atoms with Gasteiger partial charge in [-0.2, -0.15) is 0 Å². The van der Waals surface area contributed by atoms with Crippen molar-refractivity contribution in [1.29, 1.82) is 0 Å². The van der Waals surface area contributed by atoms with Gasteiger partial charge in [-0.05, 0) is 33.6 Å². The number of ether oxygens (including phenoxy) is 1. The fourth-order valence-corrected chi connectivity index (χ4v) is 1.58. The molecule has 0 aromatic heterocycles. The Hall–Kier alpha value is -2.14. The molecule has 0 rings (SSSR count). The smallest absolute Gasteiger partial charge is 0.429 e. The number of carbonyl (C=O) groups is 2. The third-order valence-corrected chi connectivity index (χ3v) is 2.48. The van der Waals surface area contributed by atoms with Gasteiger partial charge in [0.15, 0.2) is 0 Å². The summed E-state index contributed by atoms with van der Waals surface area (Å²) in [5.41, 5.74) is 1.90. The Kier molecular flexibility index (Phi) is 8.01. The van der Waals surface area contributed by atoms with Gasteiger partial charge in [-0.15, -0.1) is 24.7 Å². The van der Waals surface area contributed by atoms with E-state index >= 15 is 0 Å². The maximum absolute atomic E-state index is 11.9. The molecule has 0 spiro atoms. The molecular weight excluding hydrogens is 268 g/mol. The summed E-state index contributed by atoms with van der Waals surface area (Å²) in [6.45, 7) is 7.32. The zero-order valence-electron chi connectivity index (χ0n) is 13.2. The first-order valence-electron chi connectivity index (χ1n) is 6.90. The first-order valence-corrected chi connectivity index (χ1v) is 6.90. The minimum atomic E-state index is -0.620. The van der Waals surface area contributed by atoms with Crippen LogP contribution in [0.4, 0.5) is 4.79 Å². The summed E-state index contributed by atoms with van der Waals surface area (Å²) >= 11 is 0. The first-order chi connectivity index (χ1) is 9.73. The van der Waals surface area contributed by atoms with Crippen LogP contribution in [-0.4, -0.2) is 29.2 Å². The average molecular weight is 292 g/mol. The van der Waals surface area contributed by atoms with Crippen molar-refractivity contribution >= 4 is 12.0 Å². The Morgan fingerprint density at radius 3 is 2.14 bits per heavy atom. The summed E-state index contributed by atoms with van der Waals surface area (Å²) in [5, 5.41) is 1.14. The summed E-state index contributed by atoms with van der Waals surface area (Å²) in [7, 11) is 0. The summed E-state index contributed by atoms with van der Waals surface area (Å²) in [6.07, 6.45) is 10.9. The van der Waals surface area contributed by atoms with E-state index in [9.17, 15) is 9.59 Å². The molecule has 0 saturated carbocycles. The normalized spacial score (nSPS) is 10.4. The van der Waals surface area contributed by atoms with Crippen LogP contribution in [0.1, 0.15) is 47.0 Å². The molecule has 0 aliphatic heterocycles. The second kappa shape index (κ2) is 8.92. The van der Waals surface area contributed by atoms with Crippen LogP contribution in [0.15, 0.2) is 0 Å². The van der Waals surface area contributed by atoms with Crippen LogP contribution in [0.25, 0.3) is 0 Å². The number of terminal acetylenes is 2. The Bertz CT molecular complexity index is 422.